The number of aromatic nitrogens is 3. The highest BCUT2D eigenvalue weighted by Gasteiger charge is 2.17. The monoisotopic (exact) mass is 314 g/mol. The molecule has 21 heavy (non-hydrogen) atoms. The van der Waals surface area contributed by atoms with Crippen LogP contribution in [0, 0.1) is 0 Å². The van der Waals surface area contributed by atoms with E-state index in [9.17, 15) is 4.79 Å². The predicted molar refractivity (Wildman–Crippen MR) is 79.7 cm³/mol. The van der Waals surface area contributed by atoms with Crippen LogP contribution in [-0.2, 0) is 9.53 Å². The van der Waals surface area contributed by atoms with Gasteiger partial charge in [-0.3, -0.25) is 4.79 Å². The predicted octanol–water partition coefficient (Wildman–Crippen LogP) is 0.300. The van der Waals surface area contributed by atoms with Crippen LogP contribution < -0.4 is 15.5 Å². The van der Waals surface area contributed by atoms with Gasteiger partial charge in [0.1, 0.15) is 0 Å². The zero-order valence-corrected chi connectivity index (χ0v) is 12.7. The number of nitrogens with one attached hydrogen (secondary N) is 2. The van der Waals surface area contributed by atoms with Gasteiger partial charge in [0.05, 0.1) is 13.2 Å². The first kappa shape index (κ1) is 15.7. The minimum Gasteiger partial charge on any atom is -0.383 e. The third kappa shape index (κ3) is 4.98. The van der Waals surface area contributed by atoms with Crippen LogP contribution in [0.3, 0.4) is 0 Å². The highest BCUT2D eigenvalue weighted by Crippen LogP contribution is 2.18. The first-order chi connectivity index (χ1) is 10.2. The Morgan fingerprint density at radius 1 is 1.33 bits per heavy atom. The molecule has 0 bridgehead atoms. The van der Waals surface area contributed by atoms with Crippen LogP contribution in [0.5, 0.6) is 0 Å². The third-order valence-corrected chi connectivity index (χ3v) is 3.19. The maximum Gasteiger partial charge on any atom is 0.239 e. The van der Waals surface area contributed by atoms with E-state index < -0.39 is 0 Å². The number of anilines is 2. The smallest absolute Gasteiger partial charge is 0.239 e. The van der Waals surface area contributed by atoms with Crippen LogP contribution in [0.4, 0.5) is 11.9 Å². The molecule has 1 saturated heterocycles. The molecular weight excluding hydrogens is 296 g/mol. The summed E-state index contributed by atoms with van der Waals surface area (Å²) < 4.78 is 4.85. The highest BCUT2D eigenvalue weighted by atomic mass is 35.5. The Morgan fingerprint density at radius 2 is 2.10 bits per heavy atom. The van der Waals surface area contributed by atoms with Crippen LogP contribution in [-0.4, -0.2) is 60.8 Å². The zero-order chi connectivity index (χ0) is 15.1. The minimum atomic E-state index is -0.161. The van der Waals surface area contributed by atoms with Gasteiger partial charge in [0.15, 0.2) is 0 Å². The molecular formula is C12H19ClN6O2. The first-order valence-electron chi connectivity index (χ1n) is 6.85. The molecule has 9 heteroatoms. The number of methoxy groups -OCH3 is 1. The second-order valence-corrected chi connectivity index (χ2v) is 4.96. The van der Waals surface area contributed by atoms with Crippen molar-refractivity contribution in [2.75, 3.05) is 50.1 Å². The lowest BCUT2D eigenvalue weighted by molar-refractivity contribution is -0.119. The fourth-order valence-corrected chi connectivity index (χ4v) is 2.15. The van der Waals surface area contributed by atoms with Gasteiger partial charge in [-0.05, 0) is 24.4 Å². The molecule has 0 saturated carbocycles. The average molecular weight is 315 g/mol. The Kier molecular flexibility index (Phi) is 5.94. The Hall–Kier alpha value is -1.67. The largest absolute Gasteiger partial charge is 0.383 e. The lowest BCUT2D eigenvalue weighted by atomic mass is 10.4. The summed E-state index contributed by atoms with van der Waals surface area (Å²) in [6.07, 6.45) is 2.24. The lowest BCUT2D eigenvalue weighted by Gasteiger charge is -2.15. The number of carbonyl (C=O) groups excluding carboxylic acids is 1. The van der Waals surface area contributed by atoms with Gasteiger partial charge in [0.2, 0.25) is 23.1 Å². The molecule has 1 aromatic heterocycles. The van der Waals surface area contributed by atoms with Gasteiger partial charge < -0.3 is 20.3 Å². The number of hydrogen-bond acceptors (Lipinski definition) is 7. The molecule has 0 aliphatic carbocycles. The lowest BCUT2D eigenvalue weighted by Crippen LogP contribution is -2.32. The number of ether oxygens (including phenoxy) is 1. The number of halogens is 1. The SMILES string of the molecule is COCCNC(=O)CNc1nc(Cl)nc(N2CCCC2)n1. The molecule has 2 rings (SSSR count). The Labute approximate surface area is 128 Å². The van der Waals surface area contributed by atoms with Gasteiger partial charge in [-0.25, -0.2) is 0 Å². The van der Waals surface area contributed by atoms with E-state index in [0.717, 1.165) is 25.9 Å². The standard InChI is InChI=1S/C12H19ClN6O2/c1-21-7-4-14-9(20)8-15-11-16-10(13)17-12(18-11)19-5-2-3-6-19/h2-8H2,1H3,(H,14,20)(H,15,16,17,18). The van der Waals surface area contributed by atoms with Crippen molar-refractivity contribution in [1.82, 2.24) is 20.3 Å². The van der Waals surface area contributed by atoms with E-state index in [1.165, 1.54) is 0 Å². The van der Waals surface area contributed by atoms with Crippen LogP contribution in [0.25, 0.3) is 0 Å². The van der Waals surface area contributed by atoms with Crippen molar-refractivity contribution >= 4 is 29.4 Å². The van der Waals surface area contributed by atoms with Crippen molar-refractivity contribution < 1.29 is 9.53 Å². The molecule has 1 aliphatic heterocycles. The van der Waals surface area contributed by atoms with E-state index in [-0.39, 0.29) is 17.7 Å². The van der Waals surface area contributed by atoms with Gasteiger partial charge in [-0.2, -0.15) is 15.0 Å². The Bertz CT molecular complexity index is 481. The summed E-state index contributed by atoms with van der Waals surface area (Å²) in [5.74, 6) is 0.694. The zero-order valence-electron chi connectivity index (χ0n) is 11.9. The molecule has 1 fully saturated rings. The van der Waals surface area contributed by atoms with Crippen LogP contribution in [0.2, 0.25) is 5.28 Å². The second-order valence-electron chi connectivity index (χ2n) is 4.62. The molecule has 2 N–H and O–H groups in total. The molecule has 0 spiro atoms. The van der Waals surface area contributed by atoms with Crippen molar-refractivity contribution in [3.05, 3.63) is 5.28 Å². The summed E-state index contributed by atoms with van der Waals surface area (Å²) in [5, 5.41) is 5.67. The summed E-state index contributed by atoms with van der Waals surface area (Å²) in [5.41, 5.74) is 0. The topological polar surface area (TPSA) is 92.3 Å². The fraction of sp³-hybridized carbons (Fsp3) is 0.667. The van der Waals surface area contributed by atoms with E-state index in [2.05, 4.69) is 30.5 Å². The van der Waals surface area contributed by atoms with Crippen molar-refractivity contribution in [3.8, 4) is 0 Å². The van der Waals surface area contributed by atoms with E-state index >= 15 is 0 Å². The molecule has 2 heterocycles. The van der Waals surface area contributed by atoms with E-state index in [1.807, 2.05) is 0 Å². The van der Waals surface area contributed by atoms with Crippen LogP contribution in [0.15, 0.2) is 0 Å². The van der Waals surface area contributed by atoms with Crippen LogP contribution >= 0.6 is 11.6 Å². The molecule has 0 aromatic carbocycles. The van der Waals surface area contributed by atoms with Crippen molar-refractivity contribution in [3.63, 3.8) is 0 Å². The molecule has 0 atom stereocenters. The molecule has 1 aromatic rings. The second kappa shape index (κ2) is 7.94. The van der Waals surface area contributed by atoms with E-state index in [0.29, 0.717) is 25.0 Å². The quantitative estimate of drug-likeness (QED) is 0.699. The maximum atomic E-state index is 11.6. The number of rotatable bonds is 7. The fourth-order valence-electron chi connectivity index (χ4n) is 1.99. The number of carbonyl (C=O) groups is 1. The van der Waals surface area contributed by atoms with Crippen molar-refractivity contribution in [1.29, 1.82) is 0 Å². The minimum absolute atomic E-state index is 0.0729. The van der Waals surface area contributed by atoms with Gasteiger partial charge in [0.25, 0.3) is 0 Å². The summed E-state index contributed by atoms with van der Waals surface area (Å²) in [4.78, 5) is 26.0. The highest BCUT2D eigenvalue weighted by molar-refractivity contribution is 6.28. The van der Waals surface area contributed by atoms with Crippen molar-refractivity contribution in [2.24, 2.45) is 0 Å². The summed E-state index contributed by atoms with van der Waals surface area (Å²) >= 11 is 5.90. The van der Waals surface area contributed by atoms with Gasteiger partial charge in [0, 0.05) is 26.7 Å². The molecule has 116 valence electrons. The maximum absolute atomic E-state index is 11.6. The van der Waals surface area contributed by atoms with Crippen LogP contribution in [0.1, 0.15) is 12.8 Å². The summed E-state index contributed by atoms with van der Waals surface area (Å²) in [6, 6.07) is 0. The van der Waals surface area contributed by atoms with Gasteiger partial charge in [-0.15, -0.1) is 0 Å². The van der Waals surface area contributed by atoms with Gasteiger partial charge >= 0.3 is 0 Å². The third-order valence-electron chi connectivity index (χ3n) is 3.02. The number of amides is 1. The summed E-state index contributed by atoms with van der Waals surface area (Å²) in [6.45, 7) is 2.84. The van der Waals surface area contributed by atoms with E-state index in [1.54, 1.807) is 7.11 Å². The molecule has 1 amide bonds. The molecule has 1 aliphatic rings. The molecule has 0 unspecified atom stereocenters. The van der Waals surface area contributed by atoms with Gasteiger partial charge in [-0.1, -0.05) is 0 Å². The first-order valence-corrected chi connectivity index (χ1v) is 7.23. The number of hydrogen-bond donors (Lipinski definition) is 2. The molecule has 0 radical (unpaired) electrons. The average Bonchev–Trinajstić information content (AvgIpc) is 2.99. The van der Waals surface area contributed by atoms with E-state index in [4.69, 9.17) is 16.3 Å². The summed E-state index contributed by atoms with van der Waals surface area (Å²) in [7, 11) is 1.58. The Balaban J connectivity index is 1.89. The Morgan fingerprint density at radius 3 is 2.81 bits per heavy atom. The normalized spacial score (nSPS) is 14.3. The van der Waals surface area contributed by atoms with Crippen molar-refractivity contribution in [2.45, 2.75) is 12.8 Å². The number of nitrogens with zero attached hydrogens (tertiary/aromatic N) is 4. The molecule has 8 nitrogen and oxygen atoms in total.